The van der Waals surface area contributed by atoms with E-state index in [9.17, 15) is 14.7 Å². The van der Waals surface area contributed by atoms with Crippen LogP contribution in [0.2, 0.25) is 0 Å². The number of carboxylic acids is 1. The Bertz CT molecular complexity index is 364. The van der Waals surface area contributed by atoms with Crippen LogP contribution in [0.3, 0.4) is 0 Å². The molecule has 1 aliphatic carbocycles. The molecule has 134 valence electrons. The summed E-state index contributed by atoms with van der Waals surface area (Å²) in [6.07, 6.45) is 9.42. The van der Waals surface area contributed by atoms with Gasteiger partial charge in [-0.1, -0.05) is 52.9 Å². The van der Waals surface area contributed by atoms with Crippen molar-refractivity contribution in [3.63, 3.8) is 0 Å². The zero-order valence-electron chi connectivity index (χ0n) is 15.1. The molecule has 1 saturated carbocycles. The maximum absolute atomic E-state index is 12.5. The molecule has 1 N–H and O–H groups in total. The highest BCUT2D eigenvalue weighted by Crippen LogP contribution is 2.32. The first-order valence-corrected chi connectivity index (χ1v) is 9.39. The number of esters is 1. The molecule has 0 bridgehead atoms. The van der Waals surface area contributed by atoms with Gasteiger partial charge in [0.25, 0.3) is 0 Å². The second-order valence-corrected chi connectivity index (χ2v) is 7.37. The highest BCUT2D eigenvalue weighted by molar-refractivity contribution is 5.81. The summed E-state index contributed by atoms with van der Waals surface area (Å²) in [5, 5.41) is 9.33. The first-order valence-electron chi connectivity index (χ1n) is 9.39. The molecule has 0 spiro atoms. The van der Waals surface area contributed by atoms with Gasteiger partial charge in [-0.25, -0.2) is 0 Å². The van der Waals surface area contributed by atoms with Crippen molar-refractivity contribution in [2.24, 2.45) is 17.8 Å². The van der Waals surface area contributed by atoms with Gasteiger partial charge in [0, 0.05) is 0 Å². The van der Waals surface area contributed by atoms with Gasteiger partial charge in [-0.3, -0.25) is 9.59 Å². The first kappa shape index (κ1) is 20.0. The second-order valence-electron chi connectivity index (χ2n) is 7.37. The summed E-state index contributed by atoms with van der Waals surface area (Å²) >= 11 is 0. The summed E-state index contributed by atoms with van der Waals surface area (Å²) in [7, 11) is 0. The average molecular weight is 326 g/mol. The lowest BCUT2D eigenvalue weighted by molar-refractivity contribution is -0.164. The molecule has 23 heavy (non-hydrogen) atoms. The summed E-state index contributed by atoms with van der Waals surface area (Å²) in [4.78, 5) is 23.9. The maximum atomic E-state index is 12.5. The van der Waals surface area contributed by atoms with Gasteiger partial charge >= 0.3 is 11.9 Å². The molecule has 4 nitrogen and oxygen atoms in total. The van der Waals surface area contributed by atoms with Crippen LogP contribution < -0.4 is 0 Å². The quantitative estimate of drug-likeness (QED) is 0.462. The number of aliphatic carboxylic acids is 1. The highest BCUT2D eigenvalue weighted by Gasteiger charge is 2.37. The fourth-order valence-corrected chi connectivity index (χ4v) is 3.51. The minimum absolute atomic E-state index is 0.0595. The minimum atomic E-state index is -0.852. The van der Waals surface area contributed by atoms with Crippen LogP contribution in [-0.2, 0) is 14.3 Å². The molecule has 0 aromatic heterocycles. The van der Waals surface area contributed by atoms with Crippen LogP contribution >= 0.6 is 0 Å². The predicted octanol–water partition coefficient (Wildman–Crippen LogP) is 4.81. The van der Waals surface area contributed by atoms with Gasteiger partial charge in [0.05, 0.1) is 11.8 Å². The lowest BCUT2D eigenvalue weighted by atomic mass is 9.79. The molecule has 0 heterocycles. The van der Waals surface area contributed by atoms with Crippen LogP contribution in [0.15, 0.2) is 0 Å². The zero-order chi connectivity index (χ0) is 17.2. The van der Waals surface area contributed by atoms with Crippen LogP contribution in [0, 0.1) is 17.8 Å². The fourth-order valence-electron chi connectivity index (χ4n) is 3.51. The number of carbonyl (C=O) groups excluding carboxylic acids is 1. The fraction of sp³-hybridized carbons (Fsp3) is 0.895. The van der Waals surface area contributed by atoms with E-state index in [1.807, 2.05) is 0 Å². The SMILES string of the molecule is CCCCCCC(CC(C)C)OC(=O)C1CCCCC1C(=O)O. The molecule has 1 rings (SSSR count). The Balaban J connectivity index is 2.57. The molecule has 1 aliphatic rings. The number of carboxylic acid groups (broad SMARTS) is 1. The van der Waals surface area contributed by atoms with E-state index in [1.165, 1.54) is 19.3 Å². The predicted molar refractivity (Wildman–Crippen MR) is 91.2 cm³/mol. The molecule has 0 amide bonds. The monoisotopic (exact) mass is 326 g/mol. The van der Waals surface area contributed by atoms with Gasteiger partial charge in [-0.15, -0.1) is 0 Å². The summed E-state index contributed by atoms with van der Waals surface area (Å²) in [5.41, 5.74) is 0. The third-order valence-electron chi connectivity index (χ3n) is 4.78. The standard InChI is InChI=1S/C19H34O4/c1-4-5-6-7-10-15(13-14(2)3)23-19(22)17-12-9-8-11-16(17)18(20)21/h14-17H,4-13H2,1-3H3,(H,20,21). The van der Waals surface area contributed by atoms with Gasteiger partial charge in [0.15, 0.2) is 0 Å². The van der Waals surface area contributed by atoms with E-state index in [2.05, 4.69) is 20.8 Å². The van der Waals surface area contributed by atoms with Crippen LogP contribution in [0.1, 0.15) is 85.0 Å². The maximum Gasteiger partial charge on any atom is 0.310 e. The van der Waals surface area contributed by atoms with Crippen LogP contribution in [-0.4, -0.2) is 23.1 Å². The Hall–Kier alpha value is -1.06. The number of rotatable bonds is 10. The van der Waals surface area contributed by atoms with Crippen molar-refractivity contribution in [2.45, 2.75) is 91.1 Å². The first-order chi connectivity index (χ1) is 11.0. The lowest BCUT2D eigenvalue weighted by Gasteiger charge is -2.29. The average Bonchev–Trinajstić information content (AvgIpc) is 2.50. The molecule has 0 aromatic rings. The molecule has 0 radical (unpaired) electrons. The van der Waals surface area contributed by atoms with E-state index in [0.29, 0.717) is 18.8 Å². The largest absolute Gasteiger partial charge is 0.481 e. The minimum Gasteiger partial charge on any atom is -0.481 e. The smallest absolute Gasteiger partial charge is 0.310 e. The third kappa shape index (κ3) is 7.36. The summed E-state index contributed by atoms with van der Waals surface area (Å²) in [5.74, 6) is -1.67. The van der Waals surface area contributed by atoms with E-state index in [0.717, 1.165) is 32.1 Å². The molecule has 1 fully saturated rings. The Morgan fingerprint density at radius 2 is 1.74 bits per heavy atom. The number of hydrogen-bond donors (Lipinski definition) is 1. The van der Waals surface area contributed by atoms with Crippen molar-refractivity contribution in [1.82, 2.24) is 0 Å². The van der Waals surface area contributed by atoms with Crippen molar-refractivity contribution in [3.05, 3.63) is 0 Å². The van der Waals surface area contributed by atoms with Crippen molar-refractivity contribution < 1.29 is 19.4 Å². The molecule has 0 aliphatic heterocycles. The Morgan fingerprint density at radius 3 is 2.30 bits per heavy atom. The summed E-state index contributed by atoms with van der Waals surface area (Å²) < 4.78 is 5.76. The molecular formula is C19H34O4. The van der Waals surface area contributed by atoms with Crippen molar-refractivity contribution in [2.75, 3.05) is 0 Å². The van der Waals surface area contributed by atoms with Crippen LogP contribution in [0.5, 0.6) is 0 Å². The molecule has 0 saturated heterocycles. The Kier molecular flexibility index (Phi) is 9.27. The number of hydrogen-bond acceptors (Lipinski definition) is 3. The normalized spacial score (nSPS) is 22.8. The highest BCUT2D eigenvalue weighted by atomic mass is 16.5. The van der Waals surface area contributed by atoms with Crippen LogP contribution in [0.25, 0.3) is 0 Å². The Labute approximate surface area is 141 Å². The van der Waals surface area contributed by atoms with Crippen molar-refractivity contribution >= 4 is 11.9 Å². The molecule has 3 unspecified atom stereocenters. The molecule has 3 atom stereocenters. The van der Waals surface area contributed by atoms with Gasteiger partial charge in [0.2, 0.25) is 0 Å². The second kappa shape index (κ2) is 10.7. The van der Waals surface area contributed by atoms with Crippen molar-refractivity contribution in [3.8, 4) is 0 Å². The zero-order valence-corrected chi connectivity index (χ0v) is 15.1. The van der Waals surface area contributed by atoms with E-state index < -0.39 is 17.8 Å². The van der Waals surface area contributed by atoms with E-state index in [1.54, 1.807) is 0 Å². The number of ether oxygens (including phenoxy) is 1. The summed E-state index contributed by atoms with van der Waals surface area (Å²) in [6.45, 7) is 6.45. The summed E-state index contributed by atoms with van der Waals surface area (Å²) in [6, 6.07) is 0. The van der Waals surface area contributed by atoms with Gasteiger partial charge < -0.3 is 9.84 Å². The van der Waals surface area contributed by atoms with E-state index in [4.69, 9.17) is 4.74 Å². The Morgan fingerprint density at radius 1 is 1.09 bits per heavy atom. The topological polar surface area (TPSA) is 63.6 Å². The number of unbranched alkanes of at least 4 members (excludes halogenated alkanes) is 3. The lowest BCUT2D eigenvalue weighted by Crippen LogP contribution is -2.35. The van der Waals surface area contributed by atoms with Crippen LogP contribution in [0.4, 0.5) is 0 Å². The van der Waals surface area contributed by atoms with E-state index in [-0.39, 0.29) is 12.1 Å². The van der Waals surface area contributed by atoms with Gasteiger partial charge in [0.1, 0.15) is 6.10 Å². The van der Waals surface area contributed by atoms with E-state index >= 15 is 0 Å². The molecule has 0 aromatic carbocycles. The molecular weight excluding hydrogens is 292 g/mol. The van der Waals surface area contributed by atoms with Gasteiger partial charge in [-0.05, 0) is 38.0 Å². The third-order valence-corrected chi connectivity index (χ3v) is 4.78. The van der Waals surface area contributed by atoms with Crippen molar-refractivity contribution in [1.29, 1.82) is 0 Å². The molecule has 4 heteroatoms. The van der Waals surface area contributed by atoms with Gasteiger partial charge in [-0.2, -0.15) is 0 Å². The number of carbonyl (C=O) groups is 2.